The van der Waals surface area contributed by atoms with E-state index in [0.717, 1.165) is 43.9 Å². The highest BCUT2D eigenvalue weighted by Crippen LogP contribution is 2.45. The van der Waals surface area contributed by atoms with Crippen molar-refractivity contribution in [2.75, 3.05) is 5.23 Å². The number of allylic oxidation sites excluding steroid dienone is 2. The Hall–Kier alpha value is -5.75. The molecule has 0 amide bonds. The maximum atomic E-state index is 14.1. The molecule has 3 aliphatic rings. The number of nitrogens with zero attached hydrogens (tertiary/aromatic N) is 1. The average molecular weight is 568 g/mol. The number of anilines is 1. The van der Waals surface area contributed by atoms with Crippen molar-refractivity contribution in [3.63, 3.8) is 0 Å². The van der Waals surface area contributed by atoms with Crippen molar-refractivity contribution in [1.29, 1.82) is 0 Å². The Kier molecular flexibility index (Phi) is 5.29. The molecule has 0 saturated heterocycles. The molecule has 44 heavy (non-hydrogen) atoms. The smallest absolute Gasteiger partial charge is 0.537 e. The third kappa shape index (κ3) is 3.57. The van der Waals surface area contributed by atoms with Gasteiger partial charge in [0.05, 0.1) is 16.5 Å². The van der Waals surface area contributed by atoms with E-state index >= 15 is 0 Å². The number of rotatable bonds is 3. The summed E-state index contributed by atoms with van der Waals surface area (Å²) in [4.78, 5) is 19.1. The van der Waals surface area contributed by atoms with Gasteiger partial charge in [0.2, 0.25) is 5.78 Å². The predicted octanol–water partition coefficient (Wildman–Crippen LogP) is 4.30. The molecule has 2 aliphatic heterocycles. The fraction of sp³-hybridized carbons (Fsp3) is 0. The van der Waals surface area contributed by atoms with Gasteiger partial charge >= 0.3 is 14.1 Å². The van der Waals surface area contributed by atoms with Crippen molar-refractivity contribution in [2.24, 2.45) is 4.90 Å². The van der Waals surface area contributed by atoms with Crippen LogP contribution in [0.5, 0.6) is 11.5 Å². The molecule has 9 rings (SSSR count). The lowest BCUT2D eigenvalue weighted by molar-refractivity contribution is -0.109. The third-order valence-electron chi connectivity index (χ3n) is 8.65. The molecule has 8 heteroatoms. The Morgan fingerprint density at radius 2 is 1.30 bits per heavy atom. The molecule has 0 radical (unpaired) electrons. The molecule has 0 saturated carbocycles. The molecule has 2 heterocycles. The lowest BCUT2D eigenvalue weighted by atomic mass is 9.70. The van der Waals surface area contributed by atoms with Gasteiger partial charge in [0.1, 0.15) is 17.3 Å². The van der Waals surface area contributed by atoms with Crippen LogP contribution < -0.4 is 36.0 Å². The summed E-state index contributed by atoms with van der Waals surface area (Å²) in [5.74, 6) is 1.15. The van der Waals surface area contributed by atoms with E-state index in [1.54, 1.807) is 0 Å². The number of nitrogens with one attached hydrogen (secondary N) is 1. The Labute approximate surface area is 252 Å². The monoisotopic (exact) mass is 568 g/mol. The second kappa shape index (κ2) is 9.38. The lowest BCUT2D eigenvalue weighted by Gasteiger charge is -2.30. The van der Waals surface area contributed by atoms with Gasteiger partial charge in [0.15, 0.2) is 0 Å². The van der Waals surface area contributed by atoms with Crippen LogP contribution in [0.2, 0.25) is 0 Å². The molecule has 0 bridgehead atoms. The number of carbonyl (C=O) groups is 1. The molecule has 0 unspecified atom stereocenters. The average Bonchev–Trinajstić information content (AvgIpc) is 3.08. The van der Waals surface area contributed by atoms with Crippen LogP contribution in [-0.2, 0) is 4.79 Å². The standard InChI is InChI=1S/C36H22B2N2O4/c41-35-31(25-19-17-21-9-7-15-27-29(21)33(25)39-37(43-27)23-11-3-1-4-12-23)36(42)32(35)26-20-18-22-10-8-16-28-30(22)34(26)40-38(44-28)24-13-5-2-6-14-24/h1-20,39,41H/b32-26-. The number of ketones is 1. The van der Waals surface area contributed by atoms with Crippen LogP contribution in [-0.4, -0.2) is 25.0 Å². The quantitative estimate of drug-likeness (QED) is 0.312. The summed E-state index contributed by atoms with van der Waals surface area (Å²) in [6.45, 7) is 0. The summed E-state index contributed by atoms with van der Waals surface area (Å²) < 4.78 is 12.7. The van der Waals surface area contributed by atoms with Gasteiger partial charge in [0, 0.05) is 27.2 Å². The van der Waals surface area contributed by atoms with Crippen LogP contribution in [0.1, 0.15) is 5.56 Å². The molecule has 0 fully saturated rings. The largest absolute Gasteiger partial charge is 0.538 e. The number of Topliss-reactive ketones (excluding diaryl/α,β-unsaturated/α-hetero) is 1. The number of benzene rings is 6. The van der Waals surface area contributed by atoms with Crippen molar-refractivity contribution in [3.8, 4) is 11.5 Å². The first-order valence-electron chi connectivity index (χ1n) is 14.5. The SMILES string of the molecule is O=C1C(c2ccc3cccc4c3c2NB(c2ccccc2)O4)=C(O)/C1=c1\ccc2cccc3c2c1=NB(c1ccccc1)O3. The van der Waals surface area contributed by atoms with Gasteiger partial charge in [-0.05, 0) is 33.8 Å². The van der Waals surface area contributed by atoms with E-state index in [2.05, 4.69) is 5.23 Å². The zero-order valence-corrected chi connectivity index (χ0v) is 23.3. The Bertz CT molecular complexity index is 2360. The second-order valence-electron chi connectivity index (χ2n) is 11.1. The van der Waals surface area contributed by atoms with Crippen LogP contribution in [0, 0.1) is 0 Å². The third-order valence-corrected chi connectivity index (χ3v) is 8.65. The Balaban J connectivity index is 1.26. The first kappa shape index (κ1) is 24.8. The van der Waals surface area contributed by atoms with Gasteiger partial charge < -0.3 is 19.6 Å². The van der Waals surface area contributed by atoms with Crippen LogP contribution in [0.4, 0.5) is 5.69 Å². The van der Waals surface area contributed by atoms with Gasteiger partial charge in [-0.15, -0.1) is 0 Å². The summed E-state index contributed by atoms with van der Waals surface area (Å²) >= 11 is 0. The highest BCUT2D eigenvalue weighted by atomic mass is 16.4. The number of aliphatic hydroxyl groups excluding tert-OH is 1. The summed E-state index contributed by atoms with van der Waals surface area (Å²) in [5.41, 5.74) is 3.80. The van der Waals surface area contributed by atoms with Crippen LogP contribution >= 0.6 is 0 Å². The van der Waals surface area contributed by atoms with E-state index in [1.807, 2.05) is 121 Å². The number of aliphatic hydroxyl groups is 1. The van der Waals surface area contributed by atoms with Gasteiger partial charge in [-0.2, -0.15) is 0 Å². The van der Waals surface area contributed by atoms with Crippen molar-refractivity contribution >= 4 is 69.2 Å². The molecule has 0 atom stereocenters. The first-order valence-corrected chi connectivity index (χ1v) is 14.5. The fourth-order valence-electron chi connectivity index (χ4n) is 6.56. The van der Waals surface area contributed by atoms with E-state index in [4.69, 9.17) is 14.2 Å². The molecular weight excluding hydrogens is 546 g/mol. The van der Waals surface area contributed by atoms with Gasteiger partial charge in [-0.3, -0.25) is 9.70 Å². The second-order valence-corrected chi connectivity index (χ2v) is 11.1. The number of hydrogen-bond donors (Lipinski definition) is 2. The van der Waals surface area contributed by atoms with Gasteiger partial charge in [-0.25, -0.2) is 0 Å². The minimum absolute atomic E-state index is 0.0429. The maximum absolute atomic E-state index is 14.1. The molecule has 0 spiro atoms. The van der Waals surface area contributed by atoms with Gasteiger partial charge in [-0.1, -0.05) is 109 Å². The van der Waals surface area contributed by atoms with Crippen molar-refractivity contribution in [2.45, 2.75) is 0 Å². The minimum Gasteiger partial charge on any atom is -0.537 e. The van der Waals surface area contributed by atoms with Crippen molar-refractivity contribution in [1.82, 2.24) is 0 Å². The molecule has 6 aromatic carbocycles. The van der Waals surface area contributed by atoms with Gasteiger partial charge in [0.25, 0.3) is 0 Å². The van der Waals surface area contributed by atoms with E-state index in [0.29, 0.717) is 21.9 Å². The molecule has 206 valence electrons. The predicted molar refractivity (Wildman–Crippen MR) is 175 cm³/mol. The zero-order valence-electron chi connectivity index (χ0n) is 23.3. The maximum Gasteiger partial charge on any atom is 0.538 e. The summed E-state index contributed by atoms with van der Waals surface area (Å²) in [5, 5.41) is 20.0. The number of carbonyl (C=O) groups excluding carboxylic acids is 1. The summed E-state index contributed by atoms with van der Waals surface area (Å²) in [7, 11) is -1.02. The van der Waals surface area contributed by atoms with E-state index in [9.17, 15) is 9.90 Å². The van der Waals surface area contributed by atoms with Crippen LogP contribution in [0.15, 0.2) is 132 Å². The minimum atomic E-state index is -0.570. The molecule has 2 N–H and O–H groups in total. The Morgan fingerprint density at radius 3 is 2.02 bits per heavy atom. The highest BCUT2D eigenvalue weighted by Gasteiger charge is 2.40. The van der Waals surface area contributed by atoms with E-state index in [1.165, 1.54) is 0 Å². The molecular formula is C36H22B2N2O4. The van der Waals surface area contributed by atoms with Crippen molar-refractivity contribution in [3.05, 3.63) is 143 Å². The van der Waals surface area contributed by atoms with Crippen molar-refractivity contribution < 1.29 is 19.2 Å². The zero-order chi connectivity index (χ0) is 29.4. The Morgan fingerprint density at radius 1 is 0.636 bits per heavy atom. The van der Waals surface area contributed by atoms with E-state index < -0.39 is 14.1 Å². The molecule has 6 aromatic rings. The highest BCUT2D eigenvalue weighted by molar-refractivity contribution is 6.72. The summed E-state index contributed by atoms with van der Waals surface area (Å²) in [6, 6.07) is 39.1. The lowest BCUT2D eigenvalue weighted by Crippen LogP contribution is -2.46. The van der Waals surface area contributed by atoms with E-state index in [-0.39, 0.29) is 22.7 Å². The van der Waals surface area contributed by atoms with Crippen LogP contribution in [0.3, 0.4) is 0 Å². The molecule has 1 aliphatic carbocycles. The normalized spacial score (nSPS) is 16.2. The van der Waals surface area contributed by atoms with Crippen LogP contribution in [0.25, 0.3) is 32.7 Å². The fourth-order valence-corrected chi connectivity index (χ4v) is 6.56. The number of hydrogen-bond acceptors (Lipinski definition) is 6. The molecule has 0 aromatic heterocycles. The first-order chi connectivity index (χ1) is 21.7. The summed E-state index contributed by atoms with van der Waals surface area (Å²) in [6.07, 6.45) is 0. The topological polar surface area (TPSA) is 80.2 Å². The molecule has 6 nitrogen and oxygen atoms in total.